The van der Waals surface area contributed by atoms with Crippen LogP contribution in [0.4, 0.5) is 0 Å². The highest BCUT2D eigenvalue weighted by Gasteiger charge is 1.99. The molecule has 0 spiro atoms. The lowest BCUT2D eigenvalue weighted by atomic mass is 10.1. The van der Waals surface area contributed by atoms with Crippen molar-refractivity contribution in [3.63, 3.8) is 0 Å². The Hall–Kier alpha value is -1.06. The van der Waals surface area contributed by atoms with Crippen molar-refractivity contribution in [2.45, 2.75) is 13.3 Å². The van der Waals surface area contributed by atoms with Crippen LogP contribution in [0.3, 0.4) is 0 Å². The van der Waals surface area contributed by atoms with Crippen molar-refractivity contribution in [2.75, 3.05) is 26.8 Å². The van der Waals surface area contributed by atoms with Gasteiger partial charge in [-0.2, -0.15) is 0 Å². The summed E-state index contributed by atoms with van der Waals surface area (Å²) in [4.78, 5) is 0. The molecule has 0 aliphatic heterocycles. The van der Waals surface area contributed by atoms with E-state index in [0.717, 1.165) is 24.3 Å². The second-order valence-electron chi connectivity index (χ2n) is 3.53. The molecular weight excluding hydrogens is 190 g/mol. The molecule has 3 heteroatoms. The van der Waals surface area contributed by atoms with E-state index in [1.54, 1.807) is 7.11 Å². The van der Waals surface area contributed by atoms with Crippen molar-refractivity contribution in [3.05, 3.63) is 29.3 Å². The lowest BCUT2D eigenvalue weighted by Crippen LogP contribution is -2.20. The van der Waals surface area contributed by atoms with E-state index in [1.165, 1.54) is 5.56 Å². The fourth-order valence-electron chi connectivity index (χ4n) is 1.53. The quantitative estimate of drug-likeness (QED) is 0.690. The van der Waals surface area contributed by atoms with Gasteiger partial charge in [0.15, 0.2) is 0 Å². The number of aliphatic hydroxyl groups is 1. The standard InChI is InChI=1S/C12H19NO2/c1-10-9-11(3-4-12(10)15-2)5-6-13-7-8-14/h3-4,9,13-14H,5-8H2,1-2H3. The number of hydrogen-bond acceptors (Lipinski definition) is 3. The lowest BCUT2D eigenvalue weighted by Gasteiger charge is -2.07. The molecule has 0 amide bonds. The monoisotopic (exact) mass is 209 g/mol. The van der Waals surface area contributed by atoms with Crippen LogP contribution in [0, 0.1) is 6.92 Å². The number of ether oxygens (including phenoxy) is 1. The number of methoxy groups -OCH3 is 1. The lowest BCUT2D eigenvalue weighted by molar-refractivity contribution is 0.293. The maximum absolute atomic E-state index is 8.60. The molecule has 0 saturated heterocycles. The number of nitrogens with one attached hydrogen (secondary N) is 1. The van der Waals surface area contributed by atoms with E-state index in [-0.39, 0.29) is 6.61 Å². The average Bonchev–Trinajstić information content (AvgIpc) is 2.25. The number of benzene rings is 1. The second kappa shape index (κ2) is 6.43. The summed E-state index contributed by atoms with van der Waals surface area (Å²) in [5.74, 6) is 0.932. The molecule has 0 aliphatic rings. The van der Waals surface area contributed by atoms with Gasteiger partial charge in [0.2, 0.25) is 0 Å². The summed E-state index contributed by atoms with van der Waals surface area (Å²) in [5, 5.41) is 11.7. The molecule has 1 aromatic rings. The number of hydrogen-bond donors (Lipinski definition) is 2. The van der Waals surface area contributed by atoms with Crippen molar-refractivity contribution in [3.8, 4) is 5.75 Å². The second-order valence-corrected chi connectivity index (χ2v) is 3.53. The van der Waals surface area contributed by atoms with Crippen molar-refractivity contribution in [1.82, 2.24) is 5.32 Å². The van der Waals surface area contributed by atoms with E-state index < -0.39 is 0 Å². The minimum Gasteiger partial charge on any atom is -0.496 e. The highest BCUT2D eigenvalue weighted by atomic mass is 16.5. The summed E-state index contributed by atoms with van der Waals surface area (Å²) >= 11 is 0. The van der Waals surface area contributed by atoms with E-state index in [2.05, 4.69) is 17.4 Å². The topological polar surface area (TPSA) is 41.5 Å². The third-order valence-electron chi connectivity index (χ3n) is 2.34. The molecule has 0 aliphatic carbocycles. The first kappa shape index (κ1) is 12.0. The van der Waals surface area contributed by atoms with Gasteiger partial charge in [-0.05, 0) is 37.1 Å². The fraction of sp³-hybridized carbons (Fsp3) is 0.500. The Kier molecular flexibility index (Phi) is 5.15. The Morgan fingerprint density at radius 2 is 2.13 bits per heavy atom. The van der Waals surface area contributed by atoms with Crippen LogP contribution in [0.2, 0.25) is 0 Å². The van der Waals surface area contributed by atoms with Crippen LogP contribution in [-0.4, -0.2) is 31.9 Å². The summed E-state index contributed by atoms with van der Waals surface area (Å²) in [6.45, 7) is 3.80. The first-order chi connectivity index (χ1) is 7.27. The summed E-state index contributed by atoms with van der Waals surface area (Å²) in [7, 11) is 1.69. The molecule has 2 N–H and O–H groups in total. The van der Waals surface area contributed by atoms with E-state index in [9.17, 15) is 0 Å². The van der Waals surface area contributed by atoms with Crippen LogP contribution < -0.4 is 10.1 Å². The van der Waals surface area contributed by atoms with E-state index in [4.69, 9.17) is 9.84 Å². The van der Waals surface area contributed by atoms with E-state index >= 15 is 0 Å². The number of rotatable bonds is 6. The SMILES string of the molecule is COc1ccc(CCNCCO)cc1C. The van der Waals surface area contributed by atoms with Crippen molar-refractivity contribution >= 4 is 0 Å². The fourth-order valence-corrected chi connectivity index (χ4v) is 1.53. The van der Waals surface area contributed by atoms with Crippen LogP contribution >= 0.6 is 0 Å². The third kappa shape index (κ3) is 3.90. The normalized spacial score (nSPS) is 10.3. The number of aryl methyl sites for hydroxylation is 1. The molecule has 84 valence electrons. The van der Waals surface area contributed by atoms with Crippen molar-refractivity contribution in [1.29, 1.82) is 0 Å². The van der Waals surface area contributed by atoms with Gasteiger partial charge in [0.05, 0.1) is 13.7 Å². The molecule has 0 aromatic heterocycles. The zero-order valence-corrected chi connectivity index (χ0v) is 9.42. The highest BCUT2D eigenvalue weighted by Crippen LogP contribution is 2.18. The Balaban J connectivity index is 2.45. The Morgan fingerprint density at radius 1 is 1.33 bits per heavy atom. The van der Waals surface area contributed by atoms with Gasteiger partial charge in [-0.3, -0.25) is 0 Å². The third-order valence-corrected chi connectivity index (χ3v) is 2.34. The van der Waals surface area contributed by atoms with Crippen LogP contribution in [0.25, 0.3) is 0 Å². The molecule has 0 atom stereocenters. The summed E-state index contributed by atoms with van der Waals surface area (Å²) in [6, 6.07) is 6.21. The van der Waals surface area contributed by atoms with Gasteiger partial charge in [-0.1, -0.05) is 12.1 Å². The van der Waals surface area contributed by atoms with Gasteiger partial charge < -0.3 is 15.2 Å². The molecule has 3 nitrogen and oxygen atoms in total. The summed E-state index contributed by atoms with van der Waals surface area (Å²) in [5.41, 5.74) is 2.45. The van der Waals surface area contributed by atoms with Crippen LogP contribution in [-0.2, 0) is 6.42 Å². The summed E-state index contributed by atoms with van der Waals surface area (Å²) < 4.78 is 5.19. The molecule has 1 aromatic carbocycles. The average molecular weight is 209 g/mol. The largest absolute Gasteiger partial charge is 0.496 e. The summed E-state index contributed by atoms with van der Waals surface area (Å²) in [6.07, 6.45) is 0.977. The molecule has 0 unspecified atom stereocenters. The molecular formula is C12H19NO2. The maximum atomic E-state index is 8.60. The van der Waals surface area contributed by atoms with Gasteiger partial charge in [-0.15, -0.1) is 0 Å². The molecule has 0 bridgehead atoms. The van der Waals surface area contributed by atoms with Gasteiger partial charge in [0, 0.05) is 6.54 Å². The smallest absolute Gasteiger partial charge is 0.121 e. The molecule has 0 fully saturated rings. The predicted molar refractivity (Wildman–Crippen MR) is 61.4 cm³/mol. The van der Waals surface area contributed by atoms with Crippen LogP contribution in [0.1, 0.15) is 11.1 Å². The van der Waals surface area contributed by atoms with Gasteiger partial charge in [0.1, 0.15) is 5.75 Å². The first-order valence-corrected chi connectivity index (χ1v) is 5.23. The maximum Gasteiger partial charge on any atom is 0.121 e. The minimum atomic E-state index is 0.196. The minimum absolute atomic E-state index is 0.196. The highest BCUT2D eigenvalue weighted by molar-refractivity contribution is 5.36. The zero-order valence-electron chi connectivity index (χ0n) is 9.42. The molecule has 15 heavy (non-hydrogen) atoms. The number of aliphatic hydroxyl groups excluding tert-OH is 1. The van der Waals surface area contributed by atoms with E-state index in [0.29, 0.717) is 6.54 Å². The van der Waals surface area contributed by atoms with Gasteiger partial charge in [0.25, 0.3) is 0 Å². The predicted octanol–water partition coefficient (Wildman–Crippen LogP) is 1.13. The van der Waals surface area contributed by atoms with Crippen LogP contribution in [0.15, 0.2) is 18.2 Å². The van der Waals surface area contributed by atoms with Crippen molar-refractivity contribution in [2.24, 2.45) is 0 Å². The van der Waals surface area contributed by atoms with Gasteiger partial charge in [-0.25, -0.2) is 0 Å². The Morgan fingerprint density at radius 3 is 2.73 bits per heavy atom. The molecule has 0 saturated carbocycles. The Labute approximate surface area is 91.1 Å². The van der Waals surface area contributed by atoms with E-state index in [1.807, 2.05) is 13.0 Å². The first-order valence-electron chi connectivity index (χ1n) is 5.23. The molecule has 0 radical (unpaired) electrons. The van der Waals surface area contributed by atoms with Gasteiger partial charge >= 0.3 is 0 Å². The zero-order chi connectivity index (χ0) is 11.1. The van der Waals surface area contributed by atoms with Crippen LogP contribution in [0.5, 0.6) is 5.75 Å². The van der Waals surface area contributed by atoms with Crippen molar-refractivity contribution < 1.29 is 9.84 Å². The molecule has 0 heterocycles. The Bertz CT molecular complexity index is 300. The molecule has 1 rings (SSSR count).